The lowest BCUT2D eigenvalue weighted by Crippen LogP contribution is -2.30. The number of amides is 1. The molecule has 0 radical (unpaired) electrons. The zero-order valence-corrected chi connectivity index (χ0v) is 15.4. The Bertz CT molecular complexity index is 990. The van der Waals surface area contributed by atoms with Crippen molar-refractivity contribution in [2.24, 2.45) is 0 Å². The number of carbonyl (C=O) groups excluding carboxylic acids is 2. The number of hydrogen-bond donors (Lipinski definition) is 2. The maximum Gasteiger partial charge on any atom is 0.338 e. The minimum atomic E-state index is -3.86. The predicted molar refractivity (Wildman–Crippen MR) is 95.2 cm³/mol. The third kappa shape index (κ3) is 5.40. The third-order valence-corrected chi connectivity index (χ3v) is 4.68. The summed E-state index contributed by atoms with van der Waals surface area (Å²) >= 11 is 0. The molecule has 0 aliphatic rings. The smallest absolute Gasteiger partial charge is 0.338 e. The van der Waals surface area contributed by atoms with Crippen LogP contribution in [0.15, 0.2) is 39.8 Å². The van der Waals surface area contributed by atoms with E-state index in [0.717, 1.165) is 6.07 Å². The number of rotatable bonds is 7. The lowest BCUT2D eigenvalue weighted by molar-refractivity contribution is -0.123. The van der Waals surface area contributed by atoms with Crippen molar-refractivity contribution >= 4 is 27.7 Å². The summed E-state index contributed by atoms with van der Waals surface area (Å²) in [5, 5.41) is 6.04. The summed E-state index contributed by atoms with van der Waals surface area (Å²) in [5.74, 6) is 1.37. The van der Waals surface area contributed by atoms with Gasteiger partial charge in [0, 0.05) is 6.07 Å². The van der Waals surface area contributed by atoms with E-state index in [1.807, 2.05) is 0 Å². The molecule has 0 saturated carbocycles. The van der Waals surface area contributed by atoms with Crippen LogP contribution >= 0.6 is 0 Å². The van der Waals surface area contributed by atoms with Gasteiger partial charge in [-0.25, -0.2) is 13.2 Å². The van der Waals surface area contributed by atoms with Crippen molar-refractivity contribution in [1.29, 1.82) is 0 Å². The summed E-state index contributed by atoms with van der Waals surface area (Å²) < 4.78 is 36.2. The molecule has 142 valence electrons. The number of sulfonamides is 1. The van der Waals surface area contributed by atoms with Gasteiger partial charge in [-0.15, -0.1) is 6.42 Å². The Morgan fingerprint density at radius 2 is 2.11 bits per heavy atom. The minimum Gasteiger partial charge on any atom is -0.449 e. The molecule has 9 nitrogen and oxygen atoms in total. The van der Waals surface area contributed by atoms with E-state index >= 15 is 0 Å². The first-order valence-corrected chi connectivity index (χ1v) is 9.19. The lowest BCUT2D eigenvalue weighted by Gasteiger charge is -2.13. The van der Waals surface area contributed by atoms with Crippen molar-refractivity contribution < 1.29 is 27.3 Å². The van der Waals surface area contributed by atoms with Crippen LogP contribution in [0.25, 0.3) is 0 Å². The highest BCUT2D eigenvalue weighted by atomic mass is 32.2. The first-order valence-electron chi connectivity index (χ1n) is 7.71. The van der Waals surface area contributed by atoms with E-state index in [4.69, 9.17) is 15.7 Å². The van der Waals surface area contributed by atoms with Gasteiger partial charge in [-0.2, -0.15) is 4.72 Å². The van der Waals surface area contributed by atoms with Crippen LogP contribution < -0.4 is 10.0 Å². The average Bonchev–Trinajstić information content (AvgIpc) is 3.04. The highest BCUT2D eigenvalue weighted by molar-refractivity contribution is 7.89. The maximum absolute atomic E-state index is 12.2. The molecule has 1 heterocycles. The second kappa shape index (κ2) is 8.48. The molecule has 1 atom stereocenters. The lowest BCUT2D eigenvalue weighted by atomic mass is 10.2. The molecule has 0 aliphatic carbocycles. The van der Waals surface area contributed by atoms with E-state index in [1.165, 1.54) is 31.2 Å². The van der Waals surface area contributed by atoms with Crippen molar-refractivity contribution in [3.05, 3.63) is 41.7 Å². The van der Waals surface area contributed by atoms with Gasteiger partial charge in [0.25, 0.3) is 5.91 Å². The predicted octanol–water partition coefficient (Wildman–Crippen LogP) is 1.08. The summed E-state index contributed by atoms with van der Waals surface area (Å²) in [6.45, 7) is 2.84. The molecule has 0 spiro atoms. The van der Waals surface area contributed by atoms with Crippen LogP contribution in [0.4, 0.5) is 5.82 Å². The standard InChI is InChI=1S/C17H17N3O6S/c1-4-8-18-27(23,24)14-7-5-6-13(10-14)17(22)25-12(3)16(21)19-15-9-11(2)26-20-15/h1,5-7,9-10,12,18H,8H2,2-3H3,(H,19,20,21)/t12-/m0/s1. The van der Waals surface area contributed by atoms with Crippen LogP contribution in [0.5, 0.6) is 0 Å². The summed E-state index contributed by atoms with van der Waals surface area (Å²) in [6, 6.07) is 6.69. The number of nitrogens with one attached hydrogen (secondary N) is 2. The molecule has 1 aromatic carbocycles. The van der Waals surface area contributed by atoms with Crippen LogP contribution in [-0.4, -0.2) is 38.1 Å². The van der Waals surface area contributed by atoms with Crippen molar-refractivity contribution in [2.45, 2.75) is 24.8 Å². The fraction of sp³-hybridized carbons (Fsp3) is 0.235. The summed E-state index contributed by atoms with van der Waals surface area (Å²) in [5.41, 5.74) is -0.0319. The number of aromatic nitrogens is 1. The zero-order chi connectivity index (χ0) is 20.0. The number of nitrogens with zero attached hydrogens (tertiary/aromatic N) is 1. The monoisotopic (exact) mass is 391 g/mol. The SMILES string of the molecule is C#CCNS(=O)(=O)c1cccc(C(=O)O[C@@H](C)C(=O)Nc2cc(C)on2)c1. The Morgan fingerprint density at radius 3 is 2.74 bits per heavy atom. The fourth-order valence-corrected chi connectivity index (χ4v) is 2.93. The van der Waals surface area contributed by atoms with Crippen molar-refractivity contribution in [3.63, 3.8) is 0 Å². The van der Waals surface area contributed by atoms with Crippen molar-refractivity contribution in [3.8, 4) is 12.3 Å². The number of aryl methyl sites for hydroxylation is 1. The zero-order valence-electron chi connectivity index (χ0n) is 14.6. The van der Waals surface area contributed by atoms with Crippen LogP contribution in [0.2, 0.25) is 0 Å². The van der Waals surface area contributed by atoms with Gasteiger partial charge in [0.1, 0.15) is 5.76 Å². The van der Waals surface area contributed by atoms with Crippen LogP contribution in [0, 0.1) is 19.3 Å². The molecule has 0 fully saturated rings. The molecule has 27 heavy (non-hydrogen) atoms. The quantitative estimate of drug-likeness (QED) is 0.534. The second-order valence-corrected chi connectivity index (χ2v) is 7.18. The average molecular weight is 391 g/mol. The molecular formula is C17H17N3O6S. The van der Waals surface area contributed by atoms with Crippen molar-refractivity contribution in [2.75, 3.05) is 11.9 Å². The molecule has 10 heteroatoms. The van der Waals surface area contributed by atoms with Crippen molar-refractivity contribution in [1.82, 2.24) is 9.88 Å². The molecular weight excluding hydrogens is 374 g/mol. The molecule has 2 rings (SSSR count). The highest BCUT2D eigenvalue weighted by Crippen LogP contribution is 2.14. The van der Waals surface area contributed by atoms with Gasteiger partial charge in [-0.1, -0.05) is 17.1 Å². The Balaban J connectivity index is 2.06. The number of carbonyl (C=O) groups is 2. The molecule has 1 amide bonds. The van der Waals surface area contributed by atoms with Gasteiger partial charge < -0.3 is 14.6 Å². The molecule has 2 N–H and O–H groups in total. The molecule has 0 unspecified atom stereocenters. The normalized spacial score (nSPS) is 12.0. The molecule has 0 saturated heterocycles. The van der Waals surface area contributed by atoms with E-state index in [1.54, 1.807) is 6.92 Å². The van der Waals surface area contributed by atoms with Gasteiger partial charge in [0.15, 0.2) is 11.9 Å². The molecule has 0 aliphatic heterocycles. The number of benzene rings is 1. The van der Waals surface area contributed by atoms with Crippen LogP contribution in [0.1, 0.15) is 23.0 Å². The number of ether oxygens (including phenoxy) is 1. The highest BCUT2D eigenvalue weighted by Gasteiger charge is 2.21. The van der Waals surface area contributed by atoms with Crippen LogP contribution in [0.3, 0.4) is 0 Å². The fourth-order valence-electron chi connectivity index (χ4n) is 1.95. The van der Waals surface area contributed by atoms with E-state index in [-0.39, 0.29) is 22.8 Å². The maximum atomic E-state index is 12.2. The summed E-state index contributed by atoms with van der Waals surface area (Å²) in [4.78, 5) is 24.1. The number of esters is 1. The van der Waals surface area contributed by atoms with Gasteiger partial charge in [-0.05, 0) is 32.0 Å². The largest absolute Gasteiger partial charge is 0.449 e. The molecule has 1 aromatic heterocycles. The van der Waals surface area contributed by atoms with Gasteiger partial charge in [0.05, 0.1) is 17.0 Å². The Morgan fingerprint density at radius 1 is 1.37 bits per heavy atom. The summed E-state index contributed by atoms with van der Waals surface area (Å²) in [7, 11) is -3.86. The topological polar surface area (TPSA) is 128 Å². The third-order valence-electron chi connectivity index (χ3n) is 3.28. The van der Waals surface area contributed by atoms with Gasteiger partial charge in [-0.3, -0.25) is 4.79 Å². The number of hydrogen-bond acceptors (Lipinski definition) is 7. The molecule has 2 aromatic rings. The van der Waals surface area contributed by atoms with Gasteiger partial charge in [0.2, 0.25) is 10.0 Å². The van der Waals surface area contributed by atoms with E-state index in [0.29, 0.717) is 5.76 Å². The van der Waals surface area contributed by atoms with Crippen LogP contribution in [-0.2, 0) is 19.6 Å². The Kier molecular flexibility index (Phi) is 6.33. The molecule has 0 bridgehead atoms. The van der Waals surface area contributed by atoms with E-state index in [2.05, 4.69) is 21.1 Å². The van der Waals surface area contributed by atoms with Gasteiger partial charge >= 0.3 is 5.97 Å². The summed E-state index contributed by atoms with van der Waals surface area (Å²) in [6.07, 6.45) is 3.89. The second-order valence-electron chi connectivity index (χ2n) is 5.42. The first-order chi connectivity index (χ1) is 12.7. The Hall–Kier alpha value is -3.16. The minimum absolute atomic E-state index is 0.0319. The number of terminal acetylenes is 1. The van der Waals surface area contributed by atoms with E-state index in [9.17, 15) is 18.0 Å². The Labute approximate surface area is 156 Å². The first kappa shape index (κ1) is 20.2. The van der Waals surface area contributed by atoms with E-state index < -0.39 is 28.0 Å². The number of anilines is 1.